The van der Waals surface area contributed by atoms with Gasteiger partial charge in [0.25, 0.3) is 0 Å². The number of rotatable bonds is 1. The van der Waals surface area contributed by atoms with Crippen molar-refractivity contribution in [1.82, 2.24) is 4.98 Å². The van der Waals surface area contributed by atoms with Crippen LogP contribution in [0.3, 0.4) is 0 Å². The quantitative estimate of drug-likeness (QED) is 0.416. The summed E-state index contributed by atoms with van der Waals surface area (Å²) in [5, 5.41) is 3.03. The largest absolute Gasteiger partial charge is 1.00 e. The van der Waals surface area contributed by atoms with Crippen molar-refractivity contribution in [3.8, 4) is 10.6 Å². The van der Waals surface area contributed by atoms with Crippen LogP contribution in [0.15, 0.2) is 36.5 Å². The fourth-order valence-corrected chi connectivity index (χ4v) is 1.51. The Hall–Kier alpha value is -0.553. The molecule has 2 aromatic rings. The van der Waals surface area contributed by atoms with E-state index in [4.69, 9.17) is 0 Å². The van der Waals surface area contributed by atoms with Crippen LogP contribution in [0.2, 0.25) is 0 Å². The predicted octanol–water partition coefficient (Wildman–Crippen LogP) is -0.386. The van der Waals surface area contributed by atoms with Crippen LogP contribution in [0.1, 0.15) is 0 Å². The van der Waals surface area contributed by atoms with Gasteiger partial charge in [0.15, 0.2) is 0 Å². The summed E-state index contributed by atoms with van der Waals surface area (Å²) in [5.41, 5.74) is 1.03. The minimum Gasteiger partial charge on any atom is -0.294 e. The molecule has 0 aliphatic heterocycles. The van der Waals surface area contributed by atoms with E-state index < -0.39 is 0 Å². The van der Waals surface area contributed by atoms with Crippen molar-refractivity contribution in [2.45, 2.75) is 0 Å². The molecule has 0 saturated carbocycles. The second-order valence-electron chi connectivity index (χ2n) is 2.13. The molecule has 0 saturated heterocycles. The van der Waals surface area contributed by atoms with Crippen LogP contribution < -0.4 is 18.9 Å². The minimum absolute atomic E-state index is 0. The molecule has 0 atom stereocenters. The van der Waals surface area contributed by atoms with Gasteiger partial charge in [0.1, 0.15) is 0 Å². The third-order valence-corrected chi connectivity index (χ3v) is 2.21. The molecule has 0 amide bonds. The van der Waals surface area contributed by atoms with E-state index in [2.05, 4.69) is 10.4 Å². The molecule has 0 fully saturated rings. The fraction of sp³-hybridized carbons (Fsp3) is 0. The molecule has 0 N–H and O–H groups in total. The maximum atomic E-state index is 4.21. The first-order chi connectivity index (χ1) is 5.47. The maximum Gasteiger partial charge on any atom is 1.00 e. The van der Waals surface area contributed by atoms with Crippen LogP contribution in [-0.2, 0) is 0 Å². The standard InChI is InChI=1S/C9H6NS.Li/c1-2-6-10-8(4-1)9-5-3-7-11-9;/h1-6H;/q-1;+1. The molecule has 2 rings (SSSR count). The Labute approximate surface area is 87.6 Å². The van der Waals surface area contributed by atoms with Gasteiger partial charge in [-0.15, -0.1) is 10.3 Å². The van der Waals surface area contributed by atoms with Crippen LogP contribution in [0, 0.1) is 5.38 Å². The first-order valence-electron chi connectivity index (χ1n) is 3.34. The molecule has 3 heteroatoms. The van der Waals surface area contributed by atoms with Crippen molar-refractivity contribution in [2.24, 2.45) is 0 Å². The van der Waals surface area contributed by atoms with Gasteiger partial charge in [-0.25, -0.2) is 0 Å². The summed E-state index contributed by atoms with van der Waals surface area (Å²) in [5.74, 6) is 0. The van der Waals surface area contributed by atoms with Gasteiger partial charge in [0, 0.05) is 11.9 Å². The van der Waals surface area contributed by atoms with Gasteiger partial charge < -0.3 is 0 Å². The van der Waals surface area contributed by atoms with Gasteiger partial charge in [-0.2, -0.15) is 12.1 Å². The molecular formula is C9H6LiNS. The van der Waals surface area contributed by atoms with Crippen LogP contribution in [0.5, 0.6) is 0 Å². The zero-order valence-corrected chi connectivity index (χ0v) is 7.64. The van der Waals surface area contributed by atoms with Crippen molar-refractivity contribution in [3.63, 3.8) is 0 Å². The van der Waals surface area contributed by atoms with Gasteiger partial charge in [-0.05, 0) is 12.1 Å². The molecular weight excluding hydrogens is 161 g/mol. The second-order valence-corrected chi connectivity index (χ2v) is 3.01. The molecule has 0 spiro atoms. The molecule has 0 aliphatic carbocycles. The molecule has 0 bridgehead atoms. The van der Waals surface area contributed by atoms with E-state index in [0.717, 1.165) is 5.69 Å². The first-order valence-corrected chi connectivity index (χ1v) is 4.16. The number of hydrogen-bond donors (Lipinski definition) is 0. The van der Waals surface area contributed by atoms with Gasteiger partial charge in [0.05, 0.1) is 0 Å². The van der Waals surface area contributed by atoms with Crippen molar-refractivity contribution in [1.29, 1.82) is 0 Å². The Morgan fingerprint density at radius 3 is 2.75 bits per heavy atom. The topological polar surface area (TPSA) is 12.9 Å². The summed E-state index contributed by atoms with van der Waals surface area (Å²) in [4.78, 5) is 5.38. The van der Waals surface area contributed by atoms with Crippen molar-refractivity contribution in [2.75, 3.05) is 0 Å². The number of hydrogen-bond acceptors (Lipinski definition) is 2. The van der Waals surface area contributed by atoms with Gasteiger partial charge in [-0.1, -0.05) is 6.07 Å². The minimum atomic E-state index is 0. The fourth-order valence-electron chi connectivity index (χ4n) is 0.887. The third-order valence-electron chi connectivity index (χ3n) is 1.39. The Morgan fingerprint density at radius 1 is 1.25 bits per heavy atom. The Morgan fingerprint density at radius 2 is 2.17 bits per heavy atom. The summed E-state index contributed by atoms with van der Waals surface area (Å²) >= 11 is 1.59. The third kappa shape index (κ3) is 1.98. The van der Waals surface area contributed by atoms with E-state index in [1.165, 1.54) is 4.88 Å². The number of thiophene rings is 1. The van der Waals surface area contributed by atoms with E-state index in [1.54, 1.807) is 17.5 Å². The van der Waals surface area contributed by atoms with E-state index >= 15 is 0 Å². The molecule has 0 radical (unpaired) electrons. The molecule has 12 heavy (non-hydrogen) atoms. The van der Waals surface area contributed by atoms with Crippen LogP contribution in [0.4, 0.5) is 0 Å². The smallest absolute Gasteiger partial charge is 0.294 e. The Kier molecular flexibility index (Phi) is 3.55. The summed E-state index contributed by atoms with van der Waals surface area (Å²) in [6.45, 7) is 0. The summed E-state index contributed by atoms with van der Waals surface area (Å²) < 4.78 is 0. The van der Waals surface area contributed by atoms with Crippen molar-refractivity contribution in [3.05, 3.63) is 41.9 Å². The molecule has 54 valence electrons. The molecule has 0 unspecified atom stereocenters. The van der Waals surface area contributed by atoms with Crippen LogP contribution in [-0.4, -0.2) is 4.98 Å². The molecule has 0 aliphatic rings. The average Bonchev–Trinajstić information content (AvgIpc) is 2.58. The van der Waals surface area contributed by atoms with Crippen LogP contribution >= 0.6 is 11.3 Å². The van der Waals surface area contributed by atoms with Crippen molar-refractivity contribution < 1.29 is 18.9 Å². The van der Waals surface area contributed by atoms with Gasteiger partial charge in [0.2, 0.25) is 0 Å². The summed E-state index contributed by atoms with van der Waals surface area (Å²) in [6, 6.07) is 9.84. The second kappa shape index (κ2) is 4.47. The molecule has 2 aromatic heterocycles. The molecule has 2 heterocycles. The normalized spacial score (nSPS) is 9.00. The molecule has 0 aromatic carbocycles. The zero-order chi connectivity index (χ0) is 7.52. The van der Waals surface area contributed by atoms with E-state index in [1.807, 2.05) is 30.3 Å². The van der Waals surface area contributed by atoms with Gasteiger partial charge >= 0.3 is 18.9 Å². The van der Waals surface area contributed by atoms with E-state index in [-0.39, 0.29) is 18.9 Å². The van der Waals surface area contributed by atoms with E-state index in [9.17, 15) is 0 Å². The maximum absolute atomic E-state index is 4.21. The predicted molar refractivity (Wildman–Crippen MR) is 46.4 cm³/mol. The Balaban J connectivity index is 0.000000720. The molecule has 1 nitrogen and oxygen atoms in total. The zero-order valence-electron chi connectivity index (χ0n) is 6.82. The summed E-state index contributed by atoms with van der Waals surface area (Å²) in [7, 11) is 0. The number of nitrogens with zero attached hydrogens (tertiary/aromatic N) is 1. The number of pyridine rings is 1. The van der Waals surface area contributed by atoms with Crippen molar-refractivity contribution >= 4 is 11.3 Å². The average molecular weight is 167 g/mol. The van der Waals surface area contributed by atoms with Gasteiger partial charge in [-0.3, -0.25) is 16.3 Å². The van der Waals surface area contributed by atoms with E-state index in [0.29, 0.717) is 0 Å². The number of aromatic nitrogens is 1. The first kappa shape index (κ1) is 9.53. The Bertz CT molecular complexity index is 318. The summed E-state index contributed by atoms with van der Waals surface area (Å²) in [6.07, 6.45) is 1.80. The SMILES string of the molecule is [Li+].[c-]1ccc(-c2ccccn2)s1. The monoisotopic (exact) mass is 167 g/mol. The van der Waals surface area contributed by atoms with Crippen LogP contribution in [0.25, 0.3) is 10.6 Å².